The summed E-state index contributed by atoms with van der Waals surface area (Å²) in [5.41, 5.74) is 2.78. The van der Waals surface area contributed by atoms with Crippen LogP contribution in [0.2, 0.25) is 0 Å². The molecular formula is C23H33NO. The van der Waals surface area contributed by atoms with Crippen LogP contribution in [0.4, 0.5) is 0 Å². The molecule has 2 rings (SSSR count). The molecule has 0 radical (unpaired) electrons. The van der Waals surface area contributed by atoms with Crippen LogP contribution in [0, 0.1) is 5.92 Å². The maximum absolute atomic E-state index is 5.30. The predicted molar refractivity (Wildman–Crippen MR) is 107 cm³/mol. The average molecular weight is 340 g/mol. The molecule has 136 valence electrons. The SMILES string of the molecule is COc1ccc([C@H](CCN[C@H](C)c2ccccc2)CCC(C)C)cc1. The van der Waals surface area contributed by atoms with Gasteiger partial charge in [0.25, 0.3) is 0 Å². The molecule has 0 bridgehead atoms. The van der Waals surface area contributed by atoms with Crippen LogP contribution in [-0.2, 0) is 0 Å². The molecule has 0 amide bonds. The van der Waals surface area contributed by atoms with Gasteiger partial charge in [-0.1, -0.05) is 62.7 Å². The summed E-state index contributed by atoms with van der Waals surface area (Å²) in [7, 11) is 1.72. The number of hydrogen-bond donors (Lipinski definition) is 1. The number of rotatable bonds is 10. The molecule has 2 aromatic carbocycles. The largest absolute Gasteiger partial charge is 0.497 e. The lowest BCUT2D eigenvalue weighted by Crippen LogP contribution is -2.21. The maximum atomic E-state index is 5.30. The second-order valence-electron chi connectivity index (χ2n) is 7.32. The van der Waals surface area contributed by atoms with E-state index in [1.165, 1.54) is 24.0 Å². The second-order valence-corrected chi connectivity index (χ2v) is 7.32. The highest BCUT2D eigenvalue weighted by atomic mass is 16.5. The van der Waals surface area contributed by atoms with Crippen LogP contribution in [0.3, 0.4) is 0 Å². The fourth-order valence-corrected chi connectivity index (χ4v) is 3.22. The van der Waals surface area contributed by atoms with Crippen LogP contribution in [0.15, 0.2) is 54.6 Å². The normalized spacial score (nSPS) is 13.6. The minimum absolute atomic E-state index is 0.391. The molecule has 0 unspecified atom stereocenters. The van der Waals surface area contributed by atoms with Crippen molar-refractivity contribution in [1.29, 1.82) is 0 Å². The van der Waals surface area contributed by atoms with E-state index in [4.69, 9.17) is 4.74 Å². The highest BCUT2D eigenvalue weighted by molar-refractivity contribution is 5.29. The summed E-state index contributed by atoms with van der Waals surface area (Å²) in [5.74, 6) is 2.28. The van der Waals surface area contributed by atoms with Gasteiger partial charge in [0.05, 0.1) is 7.11 Å². The molecule has 2 atom stereocenters. The molecule has 2 heteroatoms. The van der Waals surface area contributed by atoms with Crippen LogP contribution < -0.4 is 10.1 Å². The van der Waals surface area contributed by atoms with Crippen LogP contribution in [0.1, 0.15) is 63.1 Å². The van der Waals surface area contributed by atoms with Crippen LogP contribution in [0.5, 0.6) is 5.75 Å². The van der Waals surface area contributed by atoms with E-state index in [1.54, 1.807) is 7.11 Å². The van der Waals surface area contributed by atoms with Gasteiger partial charge in [-0.05, 0) is 61.4 Å². The van der Waals surface area contributed by atoms with Crippen molar-refractivity contribution >= 4 is 0 Å². The highest BCUT2D eigenvalue weighted by Gasteiger charge is 2.13. The third-order valence-corrected chi connectivity index (χ3v) is 4.92. The average Bonchev–Trinajstić information content (AvgIpc) is 2.65. The standard InChI is InChI=1S/C23H33NO/c1-18(2)10-11-22(21-12-14-23(25-4)15-13-21)16-17-24-19(3)20-8-6-5-7-9-20/h5-9,12-15,18-19,22,24H,10-11,16-17H2,1-4H3/t19-,22+/m1/s1. The van der Waals surface area contributed by atoms with Crippen LogP contribution >= 0.6 is 0 Å². The van der Waals surface area contributed by atoms with Gasteiger partial charge in [-0.3, -0.25) is 0 Å². The highest BCUT2D eigenvalue weighted by Crippen LogP contribution is 2.28. The zero-order valence-electron chi connectivity index (χ0n) is 16.2. The third kappa shape index (κ3) is 6.55. The summed E-state index contributed by atoms with van der Waals surface area (Å²) < 4.78 is 5.30. The molecule has 0 saturated carbocycles. The molecule has 1 N–H and O–H groups in total. The van der Waals surface area contributed by atoms with Crippen molar-refractivity contribution in [1.82, 2.24) is 5.32 Å². The maximum Gasteiger partial charge on any atom is 0.118 e. The van der Waals surface area contributed by atoms with Gasteiger partial charge >= 0.3 is 0 Å². The molecular weight excluding hydrogens is 306 g/mol. The Balaban J connectivity index is 1.93. The Morgan fingerprint density at radius 1 is 0.800 bits per heavy atom. The van der Waals surface area contributed by atoms with E-state index >= 15 is 0 Å². The monoisotopic (exact) mass is 339 g/mol. The first-order valence-corrected chi connectivity index (χ1v) is 9.52. The smallest absolute Gasteiger partial charge is 0.118 e. The van der Waals surface area contributed by atoms with Crippen LogP contribution in [-0.4, -0.2) is 13.7 Å². The van der Waals surface area contributed by atoms with Gasteiger partial charge in [-0.2, -0.15) is 0 Å². The fourth-order valence-electron chi connectivity index (χ4n) is 3.22. The van der Waals surface area contributed by atoms with Crippen molar-refractivity contribution < 1.29 is 4.74 Å². The zero-order chi connectivity index (χ0) is 18.1. The summed E-state index contributed by atoms with van der Waals surface area (Å²) in [5, 5.41) is 3.68. The lowest BCUT2D eigenvalue weighted by atomic mass is 9.88. The number of hydrogen-bond acceptors (Lipinski definition) is 2. The Morgan fingerprint density at radius 3 is 2.08 bits per heavy atom. The quantitative estimate of drug-likeness (QED) is 0.577. The lowest BCUT2D eigenvalue weighted by molar-refractivity contribution is 0.414. The molecule has 2 nitrogen and oxygen atoms in total. The van der Waals surface area contributed by atoms with E-state index in [0.717, 1.165) is 24.6 Å². The Hall–Kier alpha value is -1.80. The fraction of sp³-hybridized carbons (Fsp3) is 0.478. The molecule has 0 aromatic heterocycles. The summed E-state index contributed by atoms with van der Waals surface area (Å²) >= 11 is 0. The number of nitrogens with one attached hydrogen (secondary N) is 1. The molecule has 0 aliphatic carbocycles. The predicted octanol–water partition coefficient (Wildman–Crippen LogP) is 5.96. The molecule has 0 heterocycles. The van der Waals surface area contributed by atoms with E-state index in [1.807, 2.05) is 0 Å². The van der Waals surface area contributed by atoms with E-state index in [2.05, 4.69) is 80.7 Å². The van der Waals surface area contributed by atoms with Crippen molar-refractivity contribution in [3.05, 3.63) is 65.7 Å². The van der Waals surface area contributed by atoms with Gasteiger partial charge in [0.15, 0.2) is 0 Å². The summed E-state index contributed by atoms with van der Waals surface area (Å²) in [6, 6.07) is 19.7. The van der Waals surface area contributed by atoms with Crippen LogP contribution in [0.25, 0.3) is 0 Å². The second kappa shape index (κ2) is 10.2. The first-order valence-electron chi connectivity index (χ1n) is 9.52. The summed E-state index contributed by atoms with van der Waals surface area (Å²) in [4.78, 5) is 0. The van der Waals surface area contributed by atoms with Crippen molar-refractivity contribution in [2.75, 3.05) is 13.7 Å². The van der Waals surface area contributed by atoms with Gasteiger partial charge in [0, 0.05) is 6.04 Å². The molecule has 0 fully saturated rings. The number of ether oxygens (including phenoxy) is 1. The minimum Gasteiger partial charge on any atom is -0.497 e. The van der Waals surface area contributed by atoms with Crippen molar-refractivity contribution in [3.63, 3.8) is 0 Å². The molecule has 0 aliphatic heterocycles. The Labute approximate surface area is 153 Å². The first-order chi connectivity index (χ1) is 12.1. The molecule has 0 aliphatic rings. The summed E-state index contributed by atoms with van der Waals surface area (Å²) in [6.07, 6.45) is 3.67. The number of methoxy groups -OCH3 is 1. The van der Waals surface area contributed by atoms with Crippen molar-refractivity contribution in [2.24, 2.45) is 5.92 Å². The van der Waals surface area contributed by atoms with Gasteiger partial charge in [0.1, 0.15) is 5.75 Å². The lowest BCUT2D eigenvalue weighted by Gasteiger charge is -2.21. The van der Waals surface area contributed by atoms with Gasteiger partial charge in [0.2, 0.25) is 0 Å². The van der Waals surface area contributed by atoms with Gasteiger partial charge in [-0.15, -0.1) is 0 Å². The topological polar surface area (TPSA) is 21.3 Å². The Kier molecular flexibility index (Phi) is 8.00. The van der Waals surface area contributed by atoms with E-state index in [9.17, 15) is 0 Å². The molecule has 0 saturated heterocycles. The van der Waals surface area contributed by atoms with E-state index in [0.29, 0.717) is 12.0 Å². The molecule has 2 aromatic rings. The van der Waals surface area contributed by atoms with Crippen molar-refractivity contribution in [2.45, 2.75) is 52.0 Å². The van der Waals surface area contributed by atoms with Gasteiger partial charge in [-0.25, -0.2) is 0 Å². The zero-order valence-corrected chi connectivity index (χ0v) is 16.2. The van der Waals surface area contributed by atoms with Gasteiger partial charge < -0.3 is 10.1 Å². The first kappa shape index (κ1) is 19.5. The minimum atomic E-state index is 0.391. The summed E-state index contributed by atoms with van der Waals surface area (Å²) in [6.45, 7) is 7.89. The van der Waals surface area contributed by atoms with E-state index in [-0.39, 0.29) is 0 Å². The number of benzene rings is 2. The van der Waals surface area contributed by atoms with Crippen molar-refractivity contribution in [3.8, 4) is 5.75 Å². The third-order valence-electron chi connectivity index (χ3n) is 4.92. The Morgan fingerprint density at radius 2 is 1.48 bits per heavy atom. The Bertz CT molecular complexity index is 591. The molecule has 0 spiro atoms. The molecule has 25 heavy (non-hydrogen) atoms. The van der Waals surface area contributed by atoms with E-state index < -0.39 is 0 Å².